The summed E-state index contributed by atoms with van der Waals surface area (Å²) in [6.45, 7) is 3.81. The minimum Gasteiger partial charge on any atom is -0.389 e. The maximum atomic E-state index is 9.40. The van der Waals surface area contributed by atoms with E-state index in [1.54, 1.807) is 14.2 Å². The SMILES string of the molecule is COCC(O)CN(C)CC(C)OC. The van der Waals surface area contributed by atoms with Crippen LogP contribution in [-0.4, -0.2) is 63.2 Å². The Morgan fingerprint density at radius 2 is 1.92 bits per heavy atom. The maximum absolute atomic E-state index is 9.40. The third kappa shape index (κ3) is 6.95. The van der Waals surface area contributed by atoms with Crippen LogP contribution >= 0.6 is 0 Å². The molecule has 0 aliphatic carbocycles. The van der Waals surface area contributed by atoms with Crippen LogP contribution in [0, 0.1) is 0 Å². The first-order valence-electron chi connectivity index (χ1n) is 4.48. The molecule has 0 aliphatic heterocycles. The van der Waals surface area contributed by atoms with Crippen LogP contribution in [0.2, 0.25) is 0 Å². The van der Waals surface area contributed by atoms with Crippen molar-refractivity contribution in [2.24, 2.45) is 0 Å². The third-order valence-corrected chi connectivity index (χ3v) is 1.85. The lowest BCUT2D eigenvalue weighted by Crippen LogP contribution is -2.36. The molecule has 0 spiro atoms. The first-order valence-corrected chi connectivity index (χ1v) is 4.48. The average molecular weight is 191 g/mol. The number of likely N-dealkylation sites (N-methyl/N-ethyl adjacent to an activating group) is 1. The zero-order valence-corrected chi connectivity index (χ0v) is 8.99. The molecule has 0 bridgehead atoms. The molecule has 0 heterocycles. The Balaban J connectivity index is 3.54. The highest BCUT2D eigenvalue weighted by atomic mass is 16.5. The fraction of sp³-hybridized carbons (Fsp3) is 1.00. The van der Waals surface area contributed by atoms with E-state index in [-0.39, 0.29) is 6.10 Å². The van der Waals surface area contributed by atoms with Gasteiger partial charge in [0, 0.05) is 27.3 Å². The van der Waals surface area contributed by atoms with Gasteiger partial charge in [0.25, 0.3) is 0 Å². The number of ether oxygens (including phenoxy) is 2. The number of aliphatic hydroxyl groups is 1. The largest absolute Gasteiger partial charge is 0.389 e. The molecule has 0 aromatic carbocycles. The highest BCUT2D eigenvalue weighted by Crippen LogP contribution is 1.95. The minimum atomic E-state index is -0.418. The Hall–Kier alpha value is -0.160. The van der Waals surface area contributed by atoms with Crippen molar-refractivity contribution in [1.82, 2.24) is 4.90 Å². The Bertz CT molecular complexity index is 121. The second-order valence-corrected chi connectivity index (χ2v) is 3.38. The van der Waals surface area contributed by atoms with Crippen molar-refractivity contribution in [3.05, 3.63) is 0 Å². The van der Waals surface area contributed by atoms with Crippen molar-refractivity contribution < 1.29 is 14.6 Å². The summed E-state index contributed by atoms with van der Waals surface area (Å²) in [5, 5.41) is 9.40. The molecule has 2 atom stereocenters. The van der Waals surface area contributed by atoms with E-state index >= 15 is 0 Å². The monoisotopic (exact) mass is 191 g/mol. The lowest BCUT2D eigenvalue weighted by atomic mass is 10.3. The molecule has 4 heteroatoms. The van der Waals surface area contributed by atoms with Crippen LogP contribution in [-0.2, 0) is 9.47 Å². The minimum absolute atomic E-state index is 0.194. The molecule has 0 rings (SSSR count). The summed E-state index contributed by atoms with van der Waals surface area (Å²) >= 11 is 0. The summed E-state index contributed by atoms with van der Waals surface area (Å²) in [7, 11) is 5.22. The Morgan fingerprint density at radius 3 is 2.38 bits per heavy atom. The number of hydrogen-bond acceptors (Lipinski definition) is 4. The van der Waals surface area contributed by atoms with Crippen molar-refractivity contribution in [2.75, 3.05) is 41.0 Å². The standard InChI is InChI=1S/C9H21NO3/c1-8(13-4)5-10(2)6-9(11)7-12-3/h8-9,11H,5-7H2,1-4H3. The van der Waals surface area contributed by atoms with Crippen molar-refractivity contribution in [1.29, 1.82) is 0 Å². The summed E-state index contributed by atoms with van der Waals surface area (Å²) in [6, 6.07) is 0. The van der Waals surface area contributed by atoms with Gasteiger partial charge in [0.2, 0.25) is 0 Å². The number of nitrogens with zero attached hydrogens (tertiary/aromatic N) is 1. The van der Waals surface area contributed by atoms with Gasteiger partial charge in [0.1, 0.15) is 0 Å². The van der Waals surface area contributed by atoms with E-state index in [4.69, 9.17) is 9.47 Å². The highest BCUT2D eigenvalue weighted by Gasteiger charge is 2.10. The molecule has 0 saturated heterocycles. The van der Waals surface area contributed by atoms with Crippen molar-refractivity contribution in [3.63, 3.8) is 0 Å². The van der Waals surface area contributed by atoms with Gasteiger partial charge in [0.05, 0.1) is 18.8 Å². The van der Waals surface area contributed by atoms with Gasteiger partial charge < -0.3 is 19.5 Å². The van der Waals surface area contributed by atoms with E-state index in [2.05, 4.69) is 0 Å². The lowest BCUT2D eigenvalue weighted by molar-refractivity contribution is 0.0268. The molecular formula is C9H21NO3. The van der Waals surface area contributed by atoms with Gasteiger partial charge >= 0.3 is 0 Å². The molecular weight excluding hydrogens is 170 g/mol. The van der Waals surface area contributed by atoms with E-state index in [9.17, 15) is 5.11 Å². The van der Waals surface area contributed by atoms with Gasteiger partial charge in [-0.25, -0.2) is 0 Å². The topological polar surface area (TPSA) is 41.9 Å². The molecule has 0 aromatic rings. The summed E-state index contributed by atoms with van der Waals surface area (Å²) in [4.78, 5) is 2.03. The van der Waals surface area contributed by atoms with Crippen LogP contribution in [0.3, 0.4) is 0 Å². The van der Waals surface area contributed by atoms with Crippen LogP contribution in [0.25, 0.3) is 0 Å². The third-order valence-electron chi connectivity index (χ3n) is 1.85. The first kappa shape index (κ1) is 12.8. The fourth-order valence-corrected chi connectivity index (χ4v) is 1.19. The summed E-state index contributed by atoms with van der Waals surface area (Å²) in [6.07, 6.45) is -0.223. The Labute approximate surface area is 80.4 Å². The zero-order valence-electron chi connectivity index (χ0n) is 8.99. The number of methoxy groups -OCH3 is 2. The van der Waals surface area contributed by atoms with E-state index in [1.165, 1.54) is 0 Å². The van der Waals surface area contributed by atoms with Gasteiger partial charge in [-0.3, -0.25) is 0 Å². The molecule has 13 heavy (non-hydrogen) atoms. The van der Waals surface area contributed by atoms with Gasteiger partial charge in [-0.15, -0.1) is 0 Å². The molecule has 1 N–H and O–H groups in total. The predicted molar refractivity (Wildman–Crippen MR) is 51.9 cm³/mol. The molecule has 0 saturated carbocycles. The Kier molecular flexibility index (Phi) is 7.17. The van der Waals surface area contributed by atoms with Gasteiger partial charge in [-0.05, 0) is 14.0 Å². The zero-order chi connectivity index (χ0) is 10.3. The van der Waals surface area contributed by atoms with E-state index in [0.717, 1.165) is 6.54 Å². The first-order chi connectivity index (χ1) is 6.10. The quantitative estimate of drug-likeness (QED) is 0.613. The molecule has 80 valence electrons. The summed E-state index contributed by atoms with van der Waals surface area (Å²) in [5.74, 6) is 0. The van der Waals surface area contributed by atoms with Crippen LogP contribution in [0.15, 0.2) is 0 Å². The van der Waals surface area contributed by atoms with Crippen LogP contribution in [0.5, 0.6) is 0 Å². The summed E-state index contributed by atoms with van der Waals surface area (Å²) in [5.41, 5.74) is 0. The summed E-state index contributed by atoms with van der Waals surface area (Å²) < 4.78 is 9.94. The predicted octanol–water partition coefficient (Wildman–Crippen LogP) is -0.0396. The average Bonchev–Trinajstić information content (AvgIpc) is 2.04. The normalized spacial score (nSPS) is 16.2. The molecule has 2 unspecified atom stereocenters. The Morgan fingerprint density at radius 1 is 1.31 bits per heavy atom. The fourth-order valence-electron chi connectivity index (χ4n) is 1.19. The van der Waals surface area contributed by atoms with Gasteiger partial charge in [0.15, 0.2) is 0 Å². The van der Waals surface area contributed by atoms with E-state index in [1.807, 2.05) is 18.9 Å². The second-order valence-electron chi connectivity index (χ2n) is 3.38. The number of rotatable bonds is 7. The maximum Gasteiger partial charge on any atom is 0.0899 e. The number of aliphatic hydroxyl groups excluding tert-OH is 1. The van der Waals surface area contributed by atoms with Crippen molar-refractivity contribution in [3.8, 4) is 0 Å². The number of hydrogen-bond donors (Lipinski definition) is 1. The second kappa shape index (κ2) is 7.26. The molecule has 0 aliphatic rings. The molecule has 4 nitrogen and oxygen atoms in total. The van der Waals surface area contributed by atoms with E-state index in [0.29, 0.717) is 13.2 Å². The lowest BCUT2D eigenvalue weighted by Gasteiger charge is -2.22. The van der Waals surface area contributed by atoms with Gasteiger partial charge in [-0.1, -0.05) is 0 Å². The van der Waals surface area contributed by atoms with Crippen molar-refractivity contribution >= 4 is 0 Å². The van der Waals surface area contributed by atoms with E-state index < -0.39 is 6.10 Å². The molecule has 0 aromatic heterocycles. The van der Waals surface area contributed by atoms with Crippen LogP contribution in [0.1, 0.15) is 6.92 Å². The van der Waals surface area contributed by atoms with Crippen LogP contribution in [0.4, 0.5) is 0 Å². The molecule has 0 fully saturated rings. The molecule has 0 radical (unpaired) electrons. The van der Waals surface area contributed by atoms with Crippen molar-refractivity contribution in [2.45, 2.75) is 19.1 Å². The van der Waals surface area contributed by atoms with Crippen LogP contribution < -0.4 is 0 Å². The van der Waals surface area contributed by atoms with Gasteiger partial charge in [-0.2, -0.15) is 0 Å². The smallest absolute Gasteiger partial charge is 0.0899 e. The molecule has 0 amide bonds. The highest BCUT2D eigenvalue weighted by molar-refractivity contribution is 4.63.